The smallest absolute Gasteiger partial charge is 0.0702 e. The third-order valence-electron chi connectivity index (χ3n) is 3.33. The van der Waals surface area contributed by atoms with Crippen LogP contribution < -0.4 is 0 Å². The number of hydrogen-bond donors (Lipinski definition) is 2. The van der Waals surface area contributed by atoms with Gasteiger partial charge in [0.15, 0.2) is 0 Å². The molecular weight excluding hydrogens is 182 g/mol. The van der Waals surface area contributed by atoms with Crippen LogP contribution >= 0.6 is 0 Å². The molecule has 3 saturated heterocycles. The average Bonchev–Trinajstić information content (AvgIpc) is 2.52. The predicted octanol–water partition coefficient (Wildman–Crippen LogP) is -0.550. The molecule has 0 aromatic rings. The van der Waals surface area contributed by atoms with E-state index in [1.54, 1.807) is 0 Å². The maximum absolute atomic E-state index is 9.12. The maximum Gasteiger partial charge on any atom is 0.0702 e. The Kier molecular flexibility index (Phi) is 3.38. The molecule has 0 radical (unpaired) electrons. The monoisotopic (exact) mass is 201 g/mol. The zero-order chi connectivity index (χ0) is 9.97. The number of aliphatic hydroxyl groups excluding tert-OH is 2. The second-order valence-corrected chi connectivity index (χ2v) is 4.37. The third kappa shape index (κ3) is 2.08. The van der Waals surface area contributed by atoms with E-state index in [4.69, 9.17) is 14.9 Å². The molecule has 14 heavy (non-hydrogen) atoms. The van der Waals surface area contributed by atoms with Crippen molar-refractivity contribution in [2.24, 2.45) is 5.92 Å². The Hall–Kier alpha value is -0.160. The van der Waals surface area contributed by atoms with Crippen LogP contribution in [0.25, 0.3) is 0 Å². The Bertz CT molecular complexity index is 162. The van der Waals surface area contributed by atoms with Crippen LogP contribution in [0, 0.1) is 5.92 Å². The molecular formula is C10H19NO3. The van der Waals surface area contributed by atoms with Crippen molar-refractivity contribution < 1.29 is 14.9 Å². The van der Waals surface area contributed by atoms with Crippen LogP contribution in [0.4, 0.5) is 0 Å². The number of ether oxygens (including phenoxy) is 1. The van der Waals surface area contributed by atoms with E-state index >= 15 is 0 Å². The minimum atomic E-state index is -0.0974. The Morgan fingerprint density at radius 3 is 2.57 bits per heavy atom. The largest absolute Gasteiger partial charge is 0.395 e. The van der Waals surface area contributed by atoms with Gasteiger partial charge in [0, 0.05) is 13.1 Å². The van der Waals surface area contributed by atoms with Crippen molar-refractivity contribution in [2.45, 2.75) is 25.0 Å². The Morgan fingerprint density at radius 1 is 1.21 bits per heavy atom. The highest BCUT2D eigenvalue weighted by molar-refractivity contribution is 4.84. The van der Waals surface area contributed by atoms with E-state index in [9.17, 15) is 0 Å². The van der Waals surface area contributed by atoms with E-state index in [0.717, 1.165) is 26.1 Å². The summed E-state index contributed by atoms with van der Waals surface area (Å²) in [6.07, 6.45) is 2.67. The highest BCUT2D eigenvalue weighted by atomic mass is 16.5. The summed E-state index contributed by atoms with van der Waals surface area (Å²) >= 11 is 0. The fourth-order valence-electron chi connectivity index (χ4n) is 2.40. The number of hydrogen-bond acceptors (Lipinski definition) is 4. The predicted molar refractivity (Wildman–Crippen MR) is 52.0 cm³/mol. The SMILES string of the molecule is OCC(CO)N1CC2CCC(C1)OC2. The summed E-state index contributed by atoms with van der Waals surface area (Å²) in [5.74, 6) is 0.592. The Labute approximate surface area is 84.5 Å². The van der Waals surface area contributed by atoms with Gasteiger partial charge in [-0.2, -0.15) is 0 Å². The molecule has 0 saturated carbocycles. The lowest BCUT2D eigenvalue weighted by molar-refractivity contribution is 0.000327. The van der Waals surface area contributed by atoms with Gasteiger partial charge in [0.05, 0.1) is 32.0 Å². The van der Waals surface area contributed by atoms with Gasteiger partial charge >= 0.3 is 0 Å². The summed E-state index contributed by atoms with van der Waals surface area (Å²) in [6, 6.07) is -0.0974. The topological polar surface area (TPSA) is 52.9 Å². The number of nitrogens with zero attached hydrogens (tertiary/aromatic N) is 1. The summed E-state index contributed by atoms with van der Waals surface area (Å²) in [5, 5.41) is 18.2. The first-order valence-electron chi connectivity index (χ1n) is 5.41. The fraction of sp³-hybridized carbons (Fsp3) is 1.00. The van der Waals surface area contributed by atoms with E-state index in [-0.39, 0.29) is 19.3 Å². The van der Waals surface area contributed by atoms with Gasteiger partial charge in [0.25, 0.3) is 0 Å². The standard InChI is InChI=1S/C10H19NO3/c12-5-9(6-13)11-3-8-1-2-10(4-11)14-7-8/h8-10,12-13H,1-7H2. The lowest BCUT2D eigenvalue weighted by Gasteiger charge is -2.28. The fourth-order valence-corrected chi connectivity index (χ4v) is 2.40. The van der Waals surface area contributed by atoms with E-state index < -0.39 is 0 Å². The van der Waals surface area contributed by atoms with Crippen molar-refractivity contribution in [3.05, 3.63) is 0 Å². The van der Waals surface area contributed by atoms with E-state index in [0.29, 0.717) is 12.0 Å². The molecule has 3 aliphatic heterocycles. The van der Waals surface area contributed by atoms with Crippen LogP contribution in [-0.2, 0) is 4.74 Å². The van der Waals surface area contributed by atoms with Crippen molar-refractivity contribution >= 4 is 0 Å². The summed E-state index contributed by atoms with van der Waals surface area (Å²) in [6.45, 7) is 2.75. The average molecular weight is 201 g/mol. The molecule has 4 heteroatoms. The van der Waals surface area contributed by atoms with Crippen molar-refractivity contribution in [1.82, 2.24) is 4.90 Å². The molecule has 3 rings (SSSR count). The molecule has 0 spiro atoms. The van der Waals surface area contributed by atoms with Gasteiger partial charge in [-0.3, -0.25) is 4.90 Å². The van der Waals surface area contributed by atoms with Crippen molar-refractivity contribution in [3.8, 4) is 0 Å². The summed E-state index contributed by atoms with van der Waals surface area (Å²) in [5.41, 5.74) is 0. The Morgan fingerprint density at radius 2 is 2.00 bits per heavy atom. The van der Waals surface area contributed by atoms with Crippen LogP contribution in [0.5, 0.6) is 0 Å². The quantitative estimate of drug-likeness (QED) is 0.643. The van der Waals surface area contributed by atoms with Crippen molar-refractivity contribution in [2.75, 3.05) is 32.9 Å². The van der Waals surface area contributed by atoms with Gasteiger partial charge in [-0.1, -0.05) is 0 Å². The molecule has 3 aliphatic rings. The molecule has 2 unspecified atom stereocenters. The first-order chi connectivity index (χ1) is 6.83. The lowest BCUT2D eigenvalue weighted by atomic mass is 10.0. The maximum atomic E-state index is 9.12. The number of fused-ring (bicyclic) bond motifs is 4. The van der Waals surface area contributed by atoms with Crippen LogP contribution in [0.1, 0.15) is 12.8 Å². The second-order valence-electron chi connectivity index (χ2n) is 4.37. The van der Waals surface area contributed by atoms with Gasteiger partial charge in [-0.25, -0.2) is 0 Å². The van der Waals surface area contributed by atoms with Gasteiger partial charge in [-0.15, -0.1) is 0 Å². The third-order valence-corrected chi connectivity index (χ3v) is 3.33. The molecule has 2 atom stereocenters. The van der Waals surface area contributed by atoms with Crippen LogP contribution in [0.15, 0.2) is 0 Å². The van der Waals surface area contributed by atoms with Gasteiger partial charge in [0.2, 0.25) is 0 Å². The molecule has 3 fully saturated rings. The summed E-state index contributed by atoms with van der Waals surface area (Å²) in [7, 11) is 0. The minimum Gasteiger partial charge on any atom is -0.395 e. The van der Waals surface area contributed by atoms with Crippen LogP contribution in [-0.4, -0.2) is 60.2 Å². The molecule has 2 bridgehead atoms. The molecule has 0 aromatic heterocycles. The van der Waals surface area contributed by atoms with E-state index in [1.807, 2.05) is 0 Å². The summed E-state index contributed by atoms with van der Waals surface area (Å²) < 4.78 is 5.67. The zero-order valence-corrected chi connectivity index (χ0v) is 8.43. The molecule has 0 aliphatic carbocycles. The number of rotatable bonds is 3. The normalized spacial score (nSPS) is 33.6. The Balaban J connectivity index is 1.99. The summed E-state index contributed by atoms with van der Waals surface area (Å²) in [4.78, 5) is 2.18. The first kappa shape index (κ1) is 10.4. The lowest BCUT2D eigenvalue weighted by Crippen LogP contribution is -2.43. The highest BCUT2D eigenvalue weighted by Crippen LogP contribution is 2.26. The van der Waals surface area contributed by atoms with Gasteiger partial charge < -0.3 is 14.9 Å². The molecule has 82 valence electrons. The molecule has 0 aromatic carbocycles. The van der Waals surface area contributed by atoms with Crippen LogP contribution in [0.3, 0.4) is 0 Å². The van der Waals surface area contributed by atoms with Gasteiger partial charge in [0.1, 0.15) is 0 Å². The molecule has 4 nitrogen and oxygen atoms in total. The zero-order valence-electron chi connectivity index (χ0n) is 8.43. The molecule has 0 amide bonds. The van der Waals surface area contributed by atoms with E-state index in [1.165, 1.54) is 6.42 Å². The van der Waals surface area contributed by atoms with Gasteiger partial charge in [-0.05, 0) is 18.8 Å². The first-order valence-corrected chi connectivity index (χ1v) is 5.41. The van der Waals surface area contributed by atoms with Crippen LogP contribution in [0.2, 0.25) is 0 Å². The second kappa shape index (κ2) is 4.57. The molecule has 3 heterocycles. The van der Waals surface area contributed by atoms with E-state index in [2.05, 4.69) is 4.90 Å². The highest BCUT2D eigenvalue weighted by Gasteiger charge is 2.32. The molecule has 2 N–H and O–H groups in total. The number of aliphatic hydroxyl groups is 2. The van der Waals surface area contributed by atoms with Crippen molar-refractivity contribution in [3.63, 3.8) is 0 Å². The minimum absolute atomic E-state index is 0.0376. The van der Waals surface area contributed by atoms with Crippen molar-refractivity contribution in [1.29, 1.82) is 0 Å².